The Morgan fingerprint density at radius 2 is 2.25 bits per heavy atom. The fourth-order valence-corrected chi connectivity index (χ4v) is 3.33. The van der Waals surface area contributed by atoms with Crippen molar-refractivity contribution in [2.24, 2.45) is 5.92 Å². The Balaban J connectivity index is 1.78. The van der Waals surface area contributed by atoms with Crippen molar-refractivity contribution in [2.45, 2.75) is 31.4 Å². The minimum Gasteiger partial charge on any atom is -0.376 e. The molecule has 1 saturated heterocycles. The summed E-state index contributed by atoms with van der Waals surface area (Å²) in [4.78, 5) is 4.17. The van der Waals surface area contributed by atoms with Crippen LogP contribution in [-0.4, -0.2) is 32.5 Å². The lowest BCUT2D eigenvalue weighted by molar-refractivity contribution is 0.0751. The average molecular weight is 288 g/mol. The molecular formula is C14H16N4OS. The van der Waals surface area contributed by atoms with Crippen LogP contribution in [0.2, 0.25) is 0 Å². The van der Waals surface area contributed by atoms with Crippen LogP contribution in [0, 0.1) is 10.7 Å². The predicted molar refractivity (Wildman–Crippen MR) is 76.8 cm³/mol. The minimum absolute atomic E-state index is 0.287. The van der Waals surface area contributed by atoms with Gasteiger partial charge in [0.15, 0.2) is 10.6 Å². The average Bonchev–Trinajstić information content (AvgIpc) is 3.09. The SMILES string of the molecule is S=c1[nH]nc(-c2cccnc2)n1C1CCOC1C1CC1. The van der Waals surface area contributed by atoms with Gasteiger partial charge in [0.1, 0.15) is 0 Å². The third-order valence-electron chi connectivity index (χ3n) is 4.15. The zero-order chi connectivity index (χ0) is 13.5. The summed E-state index contributed by atoms with van der Waals surface area (Å²) in [7, 11) is 0. The van der Waals surface area contributed by atoms with E-state index in [1.807, 2.05) is 18.3 Å². The molecule has 1 N–H and O–H groups in total. The molecule has 0 radical (unpaired) electrons. The summed E-state index contributed by atoms with van der Waals surface area (Å²) >= 11 is 5.44. The van der Waals surface area contributed by atoms with Gasteiger partial charge in [-0.2, -0.15) is 5.10 Å². The molecule has 1 aliphatic carbocycles. The predicted octanol–water partition coefficient (Wildman–Crippen LogP) is 2.74. The van der Waals surface area contributed by atoms with E-state index >= 15 is 0 Å². The van der Waals surface area contributed by atoms with Crippen molar-refractivity contribution >= 4 is 12.2 Å². The van der Waals surface area contributed by atoms with Crippen molar-refractivity contribution in [1.82, 2.24) is 19.7 Å². The quantitative estimate of drug-likeness (QED) is 0.882. The smallest absolute Gasteiger partial charge is 0.195 e. The van der Waals surface area contributed by atoms with Gasteiger partial charge in [-0.3, -0.25) is 14.6 Å². The highest BCUT2D eigenvalue weighted by molar-refractivity contribution is 7.71. The Morgan fingerprint density at radius 3 is 3.00 bits per heavy atom. The van der Waals surface area contributed by atoms with Crippen LogP contribution < -0.4 is 0 Å². The number of nitrogens with zero attached hydrogens (tertiary/aromatic N) is 3. The number of ether oxygens (including phenoxy) is 1. The van der Waals surface area contributed by atoms with E-state index in [1.54, 1.807) is 6.20 Å². The Labute approximate surface area is 122 Å². The van der Waals surface area contributed by atoms with Gasteiger partial charge in [0, 0.05) is 24.6 Å². The fourth-order valence-electron chi connectivity index (χ4n) is 3.06. The molecule has 0 bridgehead atoms. The van der Waals surface area contributed by atoms with Crippen LogP contribution >= 0.6 is 12.2 Å². The Bertz CT molecular complexity index is 661. The number of rotatable bonds is 3. The number of H-pyrrole nitrogens is 1. The molecule has 2 atom stereocenters. The lowest BCUT2D eigenvalue weighted by atomic mass is 10.1. The van der Waals surface area contributed by atoms with Gasteiger partial charge in [0.2, 0.25) is 0 Å². The molecule has 5 nitrogen and oxygen atoms in total. The zero-order valence-electron chi connectivity index (χ0n) is 11.0. The van der Waals surface area contributed by atoms with Crippen molar-refractivity contribution < 1.29 is 4.74 Å². The van der Waals surface area contributed by atoms with Crippen LogP contribution in [0.3, 0.4) is 0 Å². The van der Waals surface area contributed by atoms with Crippen LogP contribution in [0.4, 0.5) is 0 Å². The van der Waals surface area contributed by atoms with E-state index in [2.05, 4.69) is 19.7 Å². The lowest BCUT2D eigenvalue weighted by Crippen LogP contribution is -2.23. The summed E-state index contributed by atoms with van der Waals surface area (Å²) in [5, 5.41) is 7.32. The van der Waals surface area contributed by atoms with Gasteiger partial charge < -0.3 is 4.74 Å². The van der Waals surface area contributed by atoms with Crippen molar-refractivity contribution in [3.8, 4) is 11.4 Å². The van der Waals surface area contributed by atoms with Gasteiger partial charge in [0.05, 0.1) is 12.1 Å². The highest BCUT2D eigenvalue weighted by Gasteiger charge is 2.42. The van der Waals surface area contributed by atoms with E-state index in [4.69, 9.17) is 17.0 Å². The molecule has 0 amide bonds. The first-order valence-electron chi connectivity index (χ1n) is 7.03. The first-order valence-corrected chi connectivity index (χ1v) is 7.44. The molecule has 104 valence electrons. The molecule has 4 rings (SSSR count). The Morgan fingerprint density at radius 1 is 1.35 bits per heavy atom. The summed E-state index contributed by atoms with van der Waals surface area (Å²) in [6.07, 6.45) is 7.42. The first kappa shape index (κ1) is 12.2. The second-order valence-electron chi connectivity index (χ2n) is 5.49. The van der Waals surface area contributed by atoms with Crippen LogP contribution in [0.5, 0.6) is 0 Å². The molecule has 2 fully saturated rings. The monoisotopic (exact) mass is 288 g/mol. The van der Waals surface area contributed by atoms with Gasteiger partial charge >= 0.3 is 0 Å². The summed E-state index contributed by atoms with van der Waals surface area (Å²) in [6.45, 7) is 0.811. The number of aromatic amines is 1. The summed E-state index contributed by atoms with van der Waals surface area (Å²) in [5.41, 5.74) is 0.987. The fraction of sp³-hybridized carbons (Fsp3) is 0.500. The maximum Gasteiger partial charge on any atom is 0.195 e. The van der Waals surface area contributed by atoms with Crippen molar-refractivity contribution in [1.29, 1.82) is 0 Å². The van der Waals surface area contributed by atoms with E-state index in [1.165, 1.54) is 12.8 Å². The summed E-state index contributed by atoms with van der Waals surface area (Å²) in [5.74, 6) is 1.56. The van der Waals surface area contributed by atoms with Gasteiger partial charge in [-0.25, -0.2) is 0 Å². The number of hydrogen-bond acceptors (Lipinski definition) is 4. The third kappa shape index (κ3) is 1.99. The molecule has 2 unspecified atom stereocenters. The first-order chi connectivity index (χ1) is 9.84. The van der Waals surface area contributed by atoms with E-state index in [0.29, 0.717) is 16.7 Å². The molecule has 2 aliphatic rings. The highest BCUT2D eigenvalue weighted by atomic mass is 32.1. The number of hydrogen-bond donors (Lipinski definition) is 1. The highest BCUT2D eigenvalue weighted by Crippen LogP contribution is 2.44. The van der Waals surface area contributed by atoms with Crippen LogP contribution in [-0.2, 0) is 4.74 Å². The van der Waals surface area contributed by atoms with Crippen LogP contribution in [0.1, 0.15) is 25.3 Å². The van der Waals surface area contributed by atoms with E-state index in [9.17, 15) is 0 Å². The Hall–Kier alpha value is -1.53. The molecule has 1 aliphatic heterocycles. The minimum atomic E-state index is 0.287. The van der Waals surface area contributed by atoms with E-state index in [0.717, 1.165) is 24.4 Å². The molecule has 1 saturated carbocycles. The molecule has 20 heavy (non-hydrogen) atoms. The van der Waals surface area contributed by atoms with Gasteiger partial charge in [-0.15, -0.1) is 0 Å². The van der Waals surface area contributed by atoms with Crippen molar-refractivity contribution in [3.05, 3.63) is 29.3 Å². The normalized spacial score (nSPS) is 26.0. The van der Waals surface area contributed by atoms with Crippen LogP contribution in [0.25, 0.3) is 11.4 Å². The van der Waals surface area contributed by atoms with Crippen molar-refractivity contribution in [2.75, 3.05) is 6.61 Å². The zero-order valence-corrected chi connectivity index (χ0v) is 11.8. The van der Waals surface area contributed by atoms with Crippen LogP contribution in [0.15, 0.2) is 24.5 Å². The molecule has 2 aromatic heterocycles. The topological polar surface area (TPSA) is 55.7 Å². The molecule has 0 spiro atoms. The summed E-state index contributed by atoms with van der Waals surface area (Å²) in [6, 6.07) is 4.22. The lowest BCUT2D eigenvalue weighted by Gasteiger charge is -2.20. The number of nitrogens with one attached hydrogen (secondary N) is 1. The summed E-state index contributed by atoms with van der Waals surface area (Å²) < 4.78 is 8.73. The van der Waals surface area contributed by atoms with Gasteiger partial charge in [-0.05, 0) is 49.5 Å². The molecule has 6 heteroatoms. The number of pyridine rings is 1. The van der Waals surface area contributed by atoms with E-state index in [-0.39, 0.29) is 6.10 Å². The van der Waals surface area contributed by atoms with Gasteiger partial charge in [-0.1, -0.05) is 0 Å². The maximum absolute atomic E-state index is 5.93. The molecule has 0 aromatic carbocycles. The number of aromatic nitrogens is 4. The largest absolute Gasteiger partial charge is 0.376 e. The van der Waals surface area contributed by atoms with Gasteiger partial charge in [0.25, 0.3) is 0 Å². The maximum atomic E-state index is 5.93. The molecule has 2 aromatic rings. The second kappa shape index (κ2) is 4.79. The van der Waals surface area contributed by atoms with Crippen molar-refractivity contribution in [3.63, 3.8) is 0 Å². The third-order valence-corrected chi connectivity index (χ3v) is 4.43. The van der Waals surface area contributed by atoms with E-state index < -0.39 is 0 Å². The molecule has 3 heterocycles. The molecular weight excluding hydrogens is 272 g/mol. The second-order valence-corrected chi connectivity index (χ2v) is 5.88. The standard InChI is InChI=1S/C14H16N4OS/c20-14-17-16-13(10-2-1-6-15-8-10)18(14)11-5-7-19-12(11)9-3-4-9/h1-2,6,8-9,11-12H,3-5,7H2,(H,17,20). The Kier molecular flexibility index (Phi) is 2.93.